The van der Waals surface area contributed by atoms with E-state index in [2.05, 4.69) is 29.7 Å². The first-order valence-corrected chi connectivity index (χ1v) is 7.28. The first-order valence-electron chi connectivity index (χ1n) is 7.28. The average molecular weight is 260 g/mol. The van der Waals surface area contributed by atoms with E-state index in [1.165, 1.54) is 12.0 Å². The van der Waals surface area contributed by atoms with Gasteiger partial charge in [-0.25, -0.2) is 0 Å². The number of hydrogen-bond acceptors (Lipinski definition) is 2. The monoisotopic (exact) mass is 260 g/mol. The van der Waals surface area contributed by atoms with Gasteiger partial charge in [0.25, 0.3) is 0 Å². The quantitative estimate of drug-likeness (QED) is 0.824. The van der Waals surface area contributed by atoms with E-state index >= 15 is 0 Å². The van der Waals surface area contributed by atoms with Gasteiger partial charge in [0, 0.05) is 13.0 Å². The van der Waals surface area contributed by atoms with Crippen molar-refractivity contribution < 1.29 is 4.79 Å². The van der Waals surface area contributed by atoms with Crippen molar-refractivity contribution in [2.75, 3.05) is 19.6 Å². The topological polar surface area (TPSA) is 41.1 Å². The fraction of sp³-hybridized carbons (Fsp3) is 0.562. The maximum absolute atomic E-state index is 11.9. The minimum Gasteiger partial charge on any atom is -0.356 e. The van der Waals surface area contributed by atoms with Gasteiger partial charge in [-0.15, -0.1) is 0 Å². The zero-order valence-electron chi connectivity index (χ0n) is 11.7. The summed E-state index contributed by atoms with van der Waals surface area (Å²) in [6, 6.07) is 10.2. The summed E-state index contributed by atoms with van der Waals surface area (Å²) >= 11 is 0. The van der Waals surface area contributed by atoms with Gasteiger partial charge in [-0.05, 0) is 43.3 Å². The lowest BCUT2D eigenvalue weighted by Gasteiger charge is -2.13. The highest BCUT2D eigenvalue weighted by molar-refractivity contribution is 5.76. The van der Waals surface area contributed by atoms with Crippen molar-refractivity contribution in [3.63, 3.8) is 0 Å². The molecule has 0 aliphatic carbocycles. The summed E-state index contributed by atoms with van der Waals surface area (Å²) in [5, 5.41) is 6.39. The van der Waals surface area contributed by atoms with E-state index in [9.17, 15) is 4.79 Å². The van der Waals surface area contributed by atoms with Crippen LogP contribution in [0.25, 0.3) is 0 Å². The summed E-state index contributed by atoms with van der Waals surface area (Å²) in [6.45, 7) is 5.16. The molecule has 2 atom stereocenters. The molecule has 0 saturated carbocycles. The molecule has 2 N–H and O–H groups in total. The fourth-order valence-electron chi connectivity index (χ4n) is 2.63. The summed E-state index contributed by atoms with van der Waals surface area (Å²) in [6.07, 6.45) is 2.92. The largest absolute Gasteiger partial charge is 0.356 e. The summed E-state index contributed by atoms with van der Waals surface area (Å²) in [4.78, 5) is 11.9. The Morgan fingerprint density at radius 2 is 2.21 bits per heavy atom. The zero-order chi connectivity index (χ0) is 13.5. The van der Waals surface area contributed by atoms with Gasteiger partial charge in [0.15, 0.2) is 0 Å². The van der Waals surface area contributed by atoms with Crippen molar-refractivity contribution in [2.24, 2.45) is 5.92 Å². The number of carbonyl (C=O) groups is 1. The van der Waals surface area contributed by atoms with E-state index < -0.39 is 0 Å². The molecule has 0 bridgehead atoms. The maximum atomic E-state index is 11.9. The van der Waals surface area contributed by atoms with Crippen LogP contribution in [0.1, 0.15) is 37.7 Å². The molecule has 19 heavy (non-hydrogen) atoms. The summed E-state index contributed by atoms with van der Waals surface area (Å²) in [7, 11) is 0. The van der Waals surface area contributed by atoms with Gasteiger partial charge in [0.1, 0.15) is 0 Å². The molecule has 1 fully saturated rings. The van der Waals surface area contributed by atoms with Gasteiger partial charge in [-0.1, -0.05) is 37.3 Å². The molecule has 1 aromatic carbocycles. The van der Waals surface area contributed by atoms with Crippen LogP contribution in [-0.4, -0.2) is 25.5 Å². The third-order valence-electron chi connectivity index (χ3n) is 3.90. The number of hydrogen-bond donors (Lipinski definition) is 2. The molecule has 2 unspecified atom stereocenters. The van der Waals surface area contributed by atoms with Crippen LogP contribution in [-0.2, 0) is 4.79 Å². The van der Waals surface area contributed by atoms with E-state index in [1.54, 1.807) is 0 Å². The lowest BCUT2D eigenvalue weighted by atomic mass is 9.97. The van der Waals surface area contributed by atoms with Gasteiger partial charge >= 0.3 is 0 Å². The molecule has 0 aromatic heterocycles. The molecular formula is C16H24N2O. The van der Waals surface area contributed by atoms with Crippen LogP contribution in [0.5, 0.6) is 0 Å². The van der Waals surface area contributed by atoms with E-state index in [1.807, 2.05) is 18.2 Å². The molecule has 3 nitrogen and oxygen atoms in total. The van der Waals surface area contributed by atoms with Gasteiger partial charge < -0.3 is 10.6 Å². The van der Waals surface area contributed by atoms with Crippen LogP contribution < -0.4 is 10.6 Å². The van der Waals surface area contributed by atoms with Crippen LogP contribution in [0, 0.1) is 5.92 Å². The van der Waals surface area contributed by atoms with Crippen LogP contribution in [0.4, 0.5) is 0 Å². The summed E-state index contributed by atoms with van der Waals surface area (Å²) in [5.74, 6) is 1.20. The second kappa shape index (κ2) is 7.29. The van der Waals surface area contributed by atoms with Crippen molar-refractivity contribution in [1.29, 1.82) is 0 Å². The third kappa shape index (κ3) is 4.67. The van der Waals surface area contributed by atoms with Crippen molar-refractivity contribution >= 4 is 5.91 Å². The van der Waals surface area contributed by atoms with Gasteiger partial charge in [0.2, 0.25) is 5.91 Å². The highest BCUT2D eigenvalue weighted by atomic mass is 16.1. The molecule has 1 aliphatic heterocycles. The number of rotatable bonds is 6. The molecule has 2 rings (SSSR count). The van der Waals surface area contributed by atoms with Crippen molar-refractivity contribution in [3.8, 4) is 0 Å². The van der Waals surface area contributed by atoms with Crippen molar-refractivity contribution in [3.05, 3.63) is 35.9 Å². The molecular weight excluding hydrogens is 236 g/mol. The normalized spacial score (nSPS) is 20.2. The molecule has 1 amide bonds. The van der Waals surface area contributed by atoms with Gasteiger partial charge in [-0.3, -0.25) is 4.79 Å². The summed E-state index contributed by atoms with van der Waals surface area (Å²) in [5.41, 5.74) is 1.23. The Hall–Kier alpha value is -1.35. The number of carbonyl (C=O) groups excluding carboxylic acids is 1. The Morgan fingerprint density at radius 1 is 1.42 bits per heavy atom. The molecule has 1 aromatic rings. The smallest absolute Gasteiger partial charge is 0.220 e. The lowest BCUT2D eigenvalue weighted by Crippen LogP contribution is -2.27. The minimum atomic E-state index is 0.169. The maximum Gasteiger partial charge on any atom is 0.220 e. The first-order chi connectivity index (χ1) is 9.25. The second-order valence-electron chi connectivity index (χ2n) is 5.51. The van der Waals surface area contributed by atoms with Crippen LogP contribution in [0.2, 0.25) is 0 Å². The number of amides is 1. The molecule has 104 valence electrons. The average Bonchev–Trinajstić information content (AvgIpc) is 2.93. The van der Waals surface area contributed by atoms with E-state index in [4.69, 9.17) is 0 Å². The van der Waals surface area contributed by atoms with E-state index in [-0.39, 0.29) is 11.8 Å². The Morgan fingerprint density at radius 3 is 2.89 bits per heavy atom. The zero-order valence-corrected chi connectivity index (χ0v) is 11.7. The fourth-order valence-corrected chi connectivity index (χ4v) is 2.63. The van der Waals surface area contributed by atoms with Crippen LogP contribution >= 0.6 is 0 Å². The van der Waals surface area contributed by atoms with Gasteiger partial charge in [-0.2, -0.15) is 0 Å². The number of benzene rings is 1. The van der Waals surface area contributed by atoms with Gasteiger partial charge in [0.05, 0.1) is 0 Å². The highest BCUT2D eigenvalue weighted by Gasteiger charge is 2.15. The molecule has 1 heterocycles. The van der Waals surface area contributed by atoms with Crippen molar-refractivity contribution in [2.45, 2.75) is 32.1 Å². The van der Waals surface area contributed by atoms with Crippen LogP contribution in [0.3, 0.4) is 0 Å². The summed E-state index contributed by atoms with van der Waals surface area (Å²) < 4.78 is 0. The van der Waals surface area contributed by atoms with Crippen molar-refractivity contribution in [1.82, 2.24) is 10.6 Å². The lowest BCUT2D eigenvalue weighted by molar-refractivity contribution is -0.121. The SMILES string of the molecule is CC(CC(=O)NCCC1CCNC1)c1ccccc1. The molecule has 1 aliphatic rings. The third-order valence-corrected chi connectivity index (χ3v) is 3.90. The molecule has 0 radical (unpaired) electrons. The number of nitrogens with one attached hydrogen (secondary N) is 2. The van der Waals surface area contributed by atoms with Crippen LogP contribution in [0.15, 0.2) is 30.3 Å². The molecule has 1 saturated heterocycles. The second-order valence-corrected chi connectivity index (χ2v) is 5.51. The molecule has 3 heteroatoms. The highest BCUT2D eigenvalue weighted by Crippen LogP contribution is 2.18. The Bertz CT molecular complexity index is 385. The Balaban J connectivity index is 1.66. The minimum absolute atomic E-state index is 0.169. The molecule has 0 spiro atoms. The Kier molecular flexibility index (Phi) is 5.40. The Labute approximate surface area is 115 Å². The predicted molar refractivity (Wildman–Crippen MR) is 78.1 cm³/mol. The van der Waals surface area contributed by atoms with E-state index in [0.717, 1.165) is 32.0 Å². The van der Waals surface area contributed by atoms with E-state index in [0.29, 0.717) is 6.42 Å². The first kappa shape index (κ1) is 14.1. The predicted octanol–water partition coefficient (Wildman–Crippen LogP) is 2.30. The standard InChI is InChI=1S/C16H24N2O/c1-13(15-5-3-2-4-6-15)11-16(19)18-10-8-14-7-9-17-12-14/h2-6,13-14,17H,7-12H2,1H3,(H,18,19).